The van der Waals surface area contributed by atoms with Crippen LogP contribution in [0.3, 0.4) is 0 Å². The molecule has 0 saturated heterocycles. The molecule has 4 aromatic rings. The lowest BCUT2D eigenvalue weighted by atomic mass is 10.0. The largest absolute Gasteiger partial charge is 0.422 e. The second kappa shape index (κ2) is 11.4. The molecule has 2 N–H and O–H groups in total. The average molecular weight is 544 g/mol. The fourth-order valence-corrected chi connectivity index (χ4v) is 3.93. The van der Waals surface area contributed by atoms with E-state index in [1.807, 2.05) is 43.3 Å². The van der Waals surface area contributed by atoms with Crippen LogP contribution in [0.2, 0.25) is 0 Å². The minimum Gasteiger partial charge on any atom is -0.422 e. The van der Waals surface area contributed by atoms with Gasteiger partial charge in [-0.1, -0.05) is 70.0 Å². The van der Waals surface area contributed by atoms with Gasteiger partial charge in [0.15, 0.2) is 0 Å². The zero-order chi connectivity index (χ0) is 25.5. The second-order valence-electron chi connectivity index (χ2n) is 7.94. The lowest BCUT2D eigenvalue weighted by Crippen LogP contribution is -2.34. The Bertz CT molecular complexity index is 1480. The highest BCUT2D eigenvalue weighted by atomic mass is 79.9. The first-order valence-corrected chi connectivity index (χ1v) is 11.9. The van der Waals surface area contributed by atoms with Crippen LogP contribution in [-0.4, -0.2) is 30.5 Å². The van der Waals surface area contributed by atoms with Crippen LogP contribution in [-0.2, 0) is 4.79 Å². The Hall–Kier alpha value is -4.30. The number of hydrogen-bond donors (Lipinski definition) is 2. The number of hydrogen-bond acceptors (Lipinski definition) is 5. The molecule has 0 aromatic heterocycles. The summed E-state index contributed by atoms with van der Waals surface area (Å²) in [6, 6.07) is 25.1. The molecular formula is C28H22BrN3O4. The van der Waals surface area contributed by atoms with Crippen molar-refractivity contribution in [1.82, 2.24) is 10.7 Å². The molecule has 0 radical (unpaired) electrons. The van der Waals surface area contributed by atoms with Crippen LogP contribution in [0.25, 0.3) is 10.8 Å². The van der Waals surface area contributed by atoms with E-state index in [1.165, 1.54) is 6.21 Å². The van der Waals surface area contributed by atoms with Crippen LogP contribution in [0, 0.1) is 6.92 Å². The number of carbonyl (C=O) groups is 3. The number of esters is 1. The van der Waals surface area contributed by atoms with Crippen molar-refractivity contribution in [2.45, 2.75) is 6.92 Å². The van der Waals surface area contributed by atoms with Crippen LogP contribution in [0.1, 0.15) is 31.8 Å². The van der Waals surface area contributed by atoms with Crippen LogP contribution >= 0.6 is 15.9 Å². The van der Waals surface area contributed by atoms with E-state index in [0.717, 1.165) is 20.8 Å². The summed E-state index contributed by atoms with van der Waals surface area (Å²) in [6.07, 6.45) is 1.43. The molecule has 180 valence electrons. The Labute approximate surface area is 216 Å². The molecule has 0 aliphatic heterocycles. The molecule has 36 heavy (non-hydrogen) atoms. The van der Waals surface area contributed by atoms with Crippen molar-refractivity contribution in [2.24, 2.45) is 5.10 Å². The van der Waals surface area contributed by atoms with Crippen molar-refractivity contribution < 1.29 is 19.1 Å². The number of carbonyl (C=O) groups excluding carboxylic acids is 3. The minimum absolute atomic E-state index is 0.257. The van der Waals surface area contributed by atoms with Gasteiger partial charge in [0, 0.05) is 15.6 Å². The topological polar surface area (TPSA) is 96.9 Å². The standard InChI is InChI=1S/C28H22BrN3O4/c1-18-6-4-9-21(14-18)28(35)36-25-13-12-19-7-2-3-11-23(19)24(25)16-31-32-26(33)17-30-27(34)20-8-5-10-22(29)15-20/h2-16H,17H2,1H3,(H,30,34)(H,32,33)/b31-16+. The number of halogens is 1. The first-order chi connectivity index (χ1) is 17.4. The zero-order valence-electron chi connectivity index (χ0n) is 19.3. The fourth-order valence-electron chi connectivity index (χ4n) is 3.53. The molecule has 7 nitrogen and oxygen atoms in total. The molecule has 0 spiro atoms. The van der Waals surface area contributed by atoms with E-state index in [0.29, 0.717) is 22.4 Å². The molecular weight excluding hydrogens is 522 g/mol. The van der Waals surface area contributed by atoms with Crippen molar-refractivity contribution in [3.8, 4) is 5.75 Å². The third-order valence-electron chi connectivity index (χ3n) is 5.27. The normalized spacial score (nSPS) is 10.8. The number of nitrogens with zero attached hydrogens (tertiary/aromatic N) is 1. The lowest BCUT2D eigenvalue weighted by molar-refractivity contribution is -0.120. The summed E-state index contributed by atoms with van der Waals surface area (Å²) >= 11 is 3.31. The number of ether oxygens (including phenoxy) is 1. The van der Waals surface area contributed by atoms with Gasteiger partial charge in [-0.05, 0) is 54.1 Å². The Morgan fingerprint density at radius 1 is 0.917 bits per heavy atom. The molecule has 0 fully saturated rings. The SMILES string of the molecule is Cc1cccc(C(=O)Oc2ccc3ccccc3c2/C=N/NC(=O)CNC(=O)c2cccc(Br)c2)c1. The van der Waals surface area contributed by atoms with Gasteiger partial charge in [0.25, 0.3) is 11.8 Å². The Morgan fingerprint density at radius 3 is 2.50 bits per heavy atom. The van der Waals surface area contributed by atoms with Gasteiger partial charge in [0.05, 0.1) is 18.3 Å². The number of benzene rings is 4. The predicted molar refractivity (Wildman–Crippen MR) is 142 cm³/mol. The number of fused-ring (bicyclic) bond motifs is 1. The highest BCUT2D eigenvalue weighted by molar-refractivity contribution is 9.10. The van der Waals surface area contributed by atoms with Gasteiger partial charge < -0.3 is 10.1 Å². The van der Waals surface area contributed by atoms with Crippen LogP contribution in [0.15, 0.2) is 94.5 Å². The maximum absolute atomic E-state index is 12.7. The molecule has 4 aromatic carbocycles. The van der Waals surface area contributed by atoms with Gasteiger partial charge in [-0.25, -0.2) is 10.2 Å². The molecule has 8 heteroatoms. The molecule has 0 saturated carbocycles. The van der Waals surface area contributed by atoms with Gasteiger partial charge in [0.2, 0.25) is 0 Å². The van der Waals surface area contributed by atoms with E-state index >= 15 is 0 Å². The summed E-state index contributed by atoms with van der Waals surface area (Å²) in [5.41, 5.74) is 4.74. The fraction of sp³-hybridized carbons (Fsp3) is 0.0714. The first-order valence-electron chi connectivity index (χ1n) is 11.1. The summed E-state index contributed by atoms with van der Waals surface area (Å²) in [5.74, 6) is -1.08. The maximum Gasteiger partial charge on any atom is 0.343 e. The smallest absolute Gasteiger partial charge is 0.343 e. The number of hydrazone groups is 1. The predicted octanol–water partition coefficient (Wildman–Crippen LogP) is 5.01. The van der Waals surface area contributed by atoms with Crippen molar-refractivity contribution >= 4 is 50.7 Å². The number of nitrogens with one attached hydrogen (secondary N) is 2. The third kappa shape index (κ3) is 6.22. The quantitative estimate of drug-likeness (QED) is 0.148. The first kappa shape index (κ1) is 24.8. The lowest BCUT2D eigenvalue weighted by Gasteiger charge is -2.11. The maximum atomic E-state index is 12.7. The average Bonchev–Trinajstić information content (AvgIpc) is 2.88. The monoisotopic (exact) mass is 543 g/mol. The van der Waals surface area contributed by atoms with Crippen molar-refractivity contribution in [3.63, 3.8) is 0 Å². The van der Waals surface area contributed by atoms with E-state index in [4.69, 9.17) is 4.74 Å². The molecule has 0 bridgehead atoms. The van der Waals surface area contributed by atoms with E-state index in [2.05, 4.69) is 31.8 Å². The molecule has 4 rings (SSSR count). The molecule has 0 aliphatic rings. The summed E-state index contributed by atoms with van der Waals surface area (Å²) < 4.78 is 6.45. The number of amides is 2. The minimum atomic E-state index is -0.506. The number of aryl methyl sites for hydroxylation is 1. The highest BCUT2D eigenvalue weighted by Crippen LogP contribution is 2.27. The number of rotatable bonds is 7. The molecule has 0 aliphatic carbocycles. The Balaban J connectivity index is 1.47. The molecule has 0 unspecified atom stereocenters. The van der Waals surface area contributed by atoms with Gasteiger partial charge >= 0.3 is 5.97 Å². The summed E-state index contributed by atoms with van der Waals surface area (Å²) in [6.45, 7) is 1.64. The van der Waals surface area contributed by atoms with Crippen molar-refractivity contribution in [2.75, 3.05) is 6.54 Å². The van der Waals surface area contributed by atoms with Crippen LogP contribution < -0.4 is 15.5 Å². The summed E-state index contributed by atoms with van der Waals surface area (Å²) in [5, 5.41) is 8.30. The van der Waals surface area contributed by atoms with E-state index in [1.54, 1.807) is 48.5 Å². The summed E-state index contributed by atoms with van der Waals surface area (Å²) in [4.78, 5) is 37.2. The van der Waals surface area contributed by atoms with Gasteiger partial charge in [-0.2, -0.15) is 5.10 Å². The zero-order valence-corrected chi connectivity index (χ0v) is 20.9. The molecule has 0 atom stereocenters. The Kier molecular flexibility index (Phi) is 7.87. The molecule has 2 amide bonds. The van der Waals surface area contributed by atoms with Crippen molar-refractivity contribution in [1.29, 1.82) is 0 Å². The summed E-state index contributed by atoms with van der Waals surface area (Å²) in [7, 11) is 0. The van der Waals surface area contributed by atoms with E-state index in [9.17, 15) is 14.4 Å². The van der Waals surface area contributed by atoms with Gasteiger partial charge in [-0.3, -0.25) is 9.59 Å². The van der Waals surface area contributed by atoms with Crippen LogP contribution in [0.5, 0.6) is 5.75 Å². The van der Waals surface area contributed by atoms with Crippen LogP contribution in [0.4, 0.5) is 0 Å². The highest BCUT2D eigenvalue weighted by Gasteiger charge is 2.14. The second-order valence-corrected chi connectivity index (χ2v) is 8.86. The van der Waals surface area contributed by atoms with E-state index in [-0.39, 0.29) is 12.5 Å². The van der Waals surface area contributed by atoms with Gasteiger partial charge in [0.1, 0.15) is 5.75 Å². The van der Waals surface area contributed by atoms with E-state index < -0.39 is 11.9 Å². The van der Waals surface area contributed by atoms with Crippen molar-refractivity contribution in [3.05, 3.63) is 112 Å². The third-order valence-corrected chi connectivity index (χ3v) is 5.76. The Morgan fingerprint density at radius 2 is 1.69 bits per heavy atom. The molecule has 0 heterocycles. The van der Waals surface area contributed by atoms with Gasteiger partial charge in [-0.15, -0.1) is 0 Å².